The third-order valence-corrected chi connectivity index (χ3v) is 2.62. The van der Waals surface area contributed by atoms with Crippen molar-refractivity contribution in [2.45, 2.75) is 32.2 Å². The second-order valence-corrected chi connectivity index (χ2v) is 3.99. The Balaban J connectivity index is 2.48. The molecule has 80 valence electrons. The Bertz CT molecular complexity index is 211. The van der Waals surface area contributed by atoms with Gasteiger partial charge in [0.2, 0.25) is 5.91 Å². The van der Waals surface area contributed by atoms with Crippen LogP contribution in [0.3, 0.4) is 0 Å². The lowest BCUT2D eigenvalue weighted by molar-refractivity contribution is -0.135. The normalized spacial score (nSPS) is 17.6. The fourth-order valence-corrected chi connectivity index (χ4v) is 1.60. The van der Waals surface area contributed by atoms with Gasteiger partial charge in [0.15, 0.2) is 0 Å². The van der Waals surface area contributed by atoms with Crippen LogP contribution in [0.4, 0.5) is 0 Å². The number of nitrogens with zero attached hydrogens (tertiary/aromatic N) is 1. The molecule has 0 spiro atoms. The number of nitrogens with two attached hydrogens (primary N) is 1. The fraction of sp³-hybridized carbons (Fsp3) is 0.727. The van der Waals surface area contributed by atoms with Crippen LogP contribution >= 0.6 is 0 Å². The number of carbonyl (C=O) groups is 1. The van der Waals surface area contributed by atoms with Gasteiger partial charge < -0.3 is 10.6 Å². The molecule has 1 aliphatic carbocycles. The zero-order valence-corrected chi connectivity index (χ0v) is 8.91. The Labute approximate surface area is 86.0 Å². The van der Waals surface area contributed by atoms with Gasteiger partial charge in [-0.1, -0.05) is 13.0 Å². The van der Waals surface area contributed by atoms with E-state index in [1.807, 2.05) is 11.8 Å². The van der Waals surface area contributed by atoms with Gasteiger partial charge in [0.1, 0.15) is 0 Å². The first kappa shape index (κ1) is 11.2. The lowest BCUT2D eigenvalue weighted by atomic mass is 10.1. The van der Waals surface area contributed by atoms with E-state index >= 15 is 0 Å². The quantitative estimate of drug-likeness (QED) is 0.648. The average molecular weight is 196 g/mol. The summed E-state index contributed by atoms with van der Waals surface area (Å²) in [6, 6.07) is 0.473. The van der Waals surface area contributed by atoms with Crippen molar-refractivity contribution >= 4 is 5.91 Å². The maximum absolute atomic E-state index is 11.9. The molecule has 1 aliphatic rings. The molecule has 1 atom stereocenters. The largest absolute Gasteiger partial charge is 0.336 e. The molecule has 3 nitrogen and oxygen atoms in total. The van der Waals surface area contributed by atoms with Crippen molar-refractivity contribution in [3.8, 4) is 0 Å². The molecular weight excluding hydrogens is 176 g/mol. The molecule has 1 rings (SSSR count). The summed E-state index contributed by atoms with van der Waals surface area (Å²) in [6.45, 7) is 6.89. The van der Waals surface area contributed by atoms with Gasteiger partial charge >= 0.3 is 0 Å². The highest BCUT2D eigenvalue weighted by Gasteiger charge is 2.33. The topological polar surface area (TPSA) is 46.3 Å². The smallest absolute Gasteiger partial charge is 0.225 e. The Hall–Kier alpha value is -0.830. The molecule has 0 saturated heterocycles. The van der Waals surface area contributed by atoms with Gasteiger partial charge in [-0.15, -0.1) is 6.58 Å². The fourth-order valence-electron chi connectivity index (χ4n) is 1.60. The number of amides is 1. The Morgan fingerprint density at radius 2 is 2.36 bits per heavy atom. The highest BCUT2D eigenvalue weighted by Crippen LogP contribution is 2.28. The molecule has 0 aromatic rings. The maximum atomic E-state index is 11.9. The first-order valence-corrected chi connectivity index (χ1v) is 5.32. The van der Waals surface area contributed by atoms with E-state index in [0.29, 0.717) is 19.1 Å². The molecule has 14 heavy (non-hydrogen) atoms. The van der Waals surface area contributed by atoms with Crippen LogP contribution in [-0.2, 0) is 4.79 Å². The summed E-state index contributed by atoms with van der Waals surface area (Å²) in [6.07, 6.45) is 4.87. The van der Waals surface area contributed by atoms with E-state index in [2.05, 4.69) is 6.58 Å². The van der Waals surface area contributed by atoms with Crippen molar-refractivity contribution in [1.29, 1.82) is 0 Å². The van der Waals surface area contributed by atoms with E-state index in [-0.39, 0.29) is 11.8 Å². The van der Waals surface area contributed by atoms with Crippen LogP contribution in [0.1, 0.15) is 26.2 Å². The number of hydrogen-bond donors (Lipinski definition) is 1. The lowest BCUT2D eigenvalue weighted by Crippen LogP contribution is -2.37. The van der Waals surface area contributed by atoms with Gasteiger partial charge in [0, 0.05) is 18.5 Å². The van der Waals surface area contributed by atoms with Crippen molar-refractivity contribution in [2.75, 3.05) is 13.1 Å². The van der Waals surface area contributed by atoms with Crippen LogP contribution in [0, 0.1) is 5.92 Å². The van der Waals surface area contributed by atoms with Crippen LogP contribution in [0.2, 0.25) is 0 Å². The Morgan fingerprint density at radius 3 is 2.79 bits per heavy atom. The van der Waals surface area contributed by atoms with E-state index in [9.17, 15) is 4.79 Å². The molecule has 0 aromatic heterocycles. The first-order chi connectivity index (χ1) is 6.70. The molecule has 1 saturated carbocycles. The molecule has 2 N–H and O–H groups in total. The van der Waals surface area contributed by atoms with E-state index in [1.54, 1.807) is 6.08 Å². The van der Waals surface area contributed by atoms with Crippen LogP contribution in [0.25, 0.3) is 0 Å². The summed E-state index contributed by atoms with van der Waals surface area (Å²) in [5.41, 5.74) is 5.44. The highest BCUT2D eigenvalue weighted by molar-refractivity contribution is 5.79. The van der Waals surface area contributed by atoms with Gasteiger partial charge in [-0.25, -0.2) is 0 Å². The average Bonchev–Trinajstić information content (AvgIpc) is 2.97. The van der Waals surface area contributed by atoms with Gasteiger partial charge in [0.05, 0.1) is 0 Å². The summed E-state index contributed by atoms with van der Waals surface area (Å²) in [5, 5.41) is 0. The van der Waals surface area contributed by atoms with Crippen molar-refractivity contribution in [2.24, 2.45) is 11.7 Å². The van der Waals surface area contributed by atoms with Crippen LogP contribution in [-0.4, -0.2) is 29.9 Å². The van der Waals surface area contributed by atoms with E-state index < -0.39 is 0 Å². The van der Waals surface area contributed by atoms with E-state index in [1.165, 1.54) is 0 Å². The molecule has 3 heteroatoms. The summed E-state index contributed by atoms with van der Waals surface area (Å²) >= 11 is 0. The third-order valence-electron chi connectivity index (χ3n) is 2.62. The first-order valence-electron chi connectivity index (χ1n) is 5.32. The molecule has 0 radical (unpaired) electrons. The number of rotatable bonds is 6. The summed E-state index contributed by atoms with van der Waals surface area (Å²) in [7, 11) is 0. The molecule has 1 fully saturated rings. The molecular formula is C11H20N2O. The predicted molar refractivity (Wildman–Crippen MR) is 57.8 cm³/mol. The second-order valence-electron chi connectivity index (χ2n) is 3.99. The minimum Gasteiger partial charge on any atom is -0.336 e. The molecule has 1 unspecified atom stereocenters. The summed E-state index contributed by atoms with van der Waals surface area (Å²) in [5.74, 6) is 0.290. The third kappa shape index (κ3) is 2.84. The van der Waals surface area contributed by atoms with Crippen LogP contribution in [0.15, 0.2) is 12.7 Å². The van der Waals surface area contributed by atoms with Gasteiger partial charge in [-0.2, -0.15) is 0 Å². The zero-order chi connectivity index (χ0) is 10.6. The Morgan fingerprint density at radius 1 is 1.71 bits per heavy atom. The van der Waals surface area contributed by atoms with Crippen molar-refractivity contribution in [3.63, 3.8) is 0 Å². The molecule has 0 aliphatic heterocycles. The van der Waals surface area contributed by atoms with Crippen molar-refractivity contribution < 1.29 is 4.79 Å². The van der Waals surface area contributed by atoms with Gasteiger partial charge in [0.25, 0.3) is 0 Å². The molecule has 0 heterocycles. The molecule has 0 bridgehead atoms. The lowest BCUT2D eigenvalue weighted by Gasteiger charge is -2.24. The van der Waals surface area contributed by atoms with Crippen molar-refractivity contribution in [3.05, 3.63) is 12.7 Å². The summed E-state index contributed by atoms with van der Waals surface area (Å²) < 4.78 is 0. The van der Waals surface area contributed by atoms with Gasteiger partial charge in [-0.3, -0.25) is 4.79 Å². The molecule has 1 amide bonds. The van der Waals surface area contributed by atoms with Gasteiger partial charge in [-0.05, 0) is 25.8 Å². The number of hydrogen-bond acceptors (Lipinski definition) is 2. The minimum absolute atomic E-state index is 0.0561. The number of carbonyl (C=O) groups excluding carboxylic acids is 1. The van der Waals surface area contributed by atoms with E-state index in [4.69, 9.17) is 5.73 Å². The molecule has 0 aromatic carbocycles. The highest BCUT2D eigenvalue weighted by atomic mass is 16.2. The second kappa shape index (κ2) is 5.15. The standard InChI is InChI=1S/C11H20N2O/c1-3-8-13(10-4-5-10)11(14)9(2)6-7-12/h3,9-10H,1,4-8,12H2,2H3. The summed E-state index contributed by atoms with van der Waals surface area (Å²) in [4.78, 5) is 13.9. The zero-order valence-electron chi connectivity index (χ0n) is 8.91. The predicted octanol–water partition coefficient (Wildman–Crippen LogP) is 1.15. The van der Waals surface area contributed by atoms with Crippen LogP contribution < -0.4 is 5.73 Å². The minimum atomic E-state index is 0.0561. The van der Waals surface area contributed by atoms with E-state index in [0.717, 1.165) is 19.3 Å². The SMILES string of the molecule is C=CCN(C(=O)C(C)CCN)C1CC1. The van der Waals surface area contributed by atoms with Crippen LogP contribution in [0.5, 0.6) is 0 Å². The van der Waals surface area contributed by atoms with Crippen molar-refractivity contribution in [1.82, 2.24) is 4.90 Å². The maximum Gasteiger partial charge on any atom is 0.225 e. The monoisotopic (exact) mass is 196 g/mol. The Kier molecular flexibility index (Phi) is 4.14.